The van der Waals surface area contributed by atoms with Crippen LogP contribution in [-0.2, 0) is 23.1 Å². The van der Waals surface area contributed by atoms with Crippen molar-refractivity contribution in [2.45, 2.75) is 18.0 Å². The second-order valence-electron chi connectivity index (χ2n) is 4.67. The lowest BCUT2D eigenvalue weighted by atomic mass is 10.2. The Balaban J connectivity index is 2.22. The molecule has 1 aromatic carbocycles. The van der Waals surface area contributed by atoms with E-state index in [1.807, 2.05) is 24.6 Å². The number of sulfonamides is 1. The Labute approximate surface area is 138 Å². The van der Waals surface area contributed by atoms with E-state index in [2.05, 4.69) is 21.2 Å². The highest BCUT2D eigenvalue weighted by atomic mass is 79.9. The largest absolute Gasteiger partial charge is 0.316 e. The molecule has 0 amide bonds. The molecule has 0 aliphatic carbocycles. The van der Waals surface area contributed by atoms with Crippen molar-refractivity contribution in [3.05, 3.63) is 50.6 Å². The van der Waals surface area contributed by atoms with E-state index in [0.717, 1.165) is 14.9 Å². The molecule has 0 spiro atoms. The van der Waals surface area contributed by atoms with Gasteiger partial charge in [-0.15, -0.1) is 11.3 Å². The van der Waals surface area contributed by atoms with Gasteiger partial charge in [-0.3, -0.25) is 0 Å². The molecule has 0 saturated carbocycles. The molecule has 2 rings (SSSR count). The predicted octanol–water partition coefficient (Wildman–Crippen LogP) is 3.05. The number of nitrogens with one attached hydrogen (secondary N) is 1. The van der Waals surface area contributed by atoms with Crippen LogP contribution in [0.4, 0.5) is 0 Å². The molecule has 0 aliphatic heterocycles. The van der Waals surface area contributed by atoms with E-state index in [1.54, 1.807) is 25.2 Å². The second-order valence-corrected chi connectivity index (χ2v) is 8.63. The topological polar surface area (TPSA) is 49.4 Å². The molecule has 0 saturated heterocycles. The van der Waals surface area contributed by atoms with Gasteiger partial charge in [-0.1, -0.05) is 12.1 Å². The minimum Gasteiger partial charge on any atom is -0.316 e. The average molecular weight is 389 g/mol. The molecule has 0 bridgehead atoms. The summed E-state index contributed by atoms with van der Waals surface area (Å²) in [7, 11) is -0.0317. The summed E-state index contributed by atoms with van der Waals surface area (Å²) in [5, 5.41) is 4.97. The minimum atomic E-state index is -3.47. The van der Waals surface area contributed by atoms with E-state index in [-0.39, 0.29) is 0 Å². The van der Waals surface area contributed by atoms with Gasteiger partial charge in [0.05, 0.1) is 4.90 Å². The first-order valence-corrected chi connectivity index (χ1v) is 9.47. The molecule has 2 aromatic rings. The van der Waals surface area contributed by atoms with Crippen LogP contribution >= 0.6 is 27.3 Å². The molecule has 21 heavy (non-hydrogen) atoms. The SMILES string of the molecule is CNCc1cccc(S(=O)(=O)N(C)Cc2cc(Br)cs2)c1. The van der Waals surface area contributed by atoms with Gasteiger partial charge in [-0.05, 0) is 46.7 Å². The van der Waals surface area contributed by atoms with Gasteiger partial charge in [0.25, 0.3) is 0 Å². The molecule has 1 aromatic heterocycles. The summed E-state index contributed by atoms with van der Waals surface area (Å²) in [6, 6.07) is 8.97. The maximum atomic E-state index is 12.6. The number of thiophene rings is 1. The van der Waals surface area contributed by atoms with Gasteiger partial charge in [-0.25, -0.2) is 8.42 Å². The Morgan fingerprint density at radius 3 is 2.71 bits per heavy atom. The van der Waals surface area contributed by atoms with Gasteiger partial charge < -0.3 is 5.32 Å². The van der Waals surface area contributed by atoms with Crippen LogP contribution in [0.3, 0.4) is 0 Å². The van der Waals surface area contributed by atoms with Crippen molar-refractivity contribution in [3.8, 4) is 0 Å². The molecule has 7 heteroatoms. The first-order chi connectivity index (χ1) is 9.93. The van der Waals surface area contributed by atoms with Gasteiger partial charge in [0.2, 0.25) is 10.0 Å². The summed E-state index contributed by atoms with van der Waals surface area (Å²) in [5.74, 6) is 0. The van der Waals surface area contributed by atoms with Crippen molar-refractivity contribution in [1.29, 1.82) is 0 Å². The van der Waals surface area contributed by atoms with Crippen molar-refractivity contribution in [2.75, 3.05) is 14.1 Å². The third-order valence-corrected chi connectivity index (χ3v) is 6.47. The lowest BCUT2D eigenvalue weighted by molar-refractivity contribution is 0.469. The van der Waals surface area contributed by atoms with Crippen LogP contribution in [0.25, 0.3) is 0 Å². The van der Waals surface area contributed by atoms with Crippen LogP contribution < -0.4 is 5.32 Å². The number of rotatable bonds is 6. The zero-order valence-corrected chi connectivity index (χ0v) is 15.1. The van der Waals surface area contributed by atoms with Gasteiger partial charge in [0.1, 0.15) is 0 Å². The molecule has 0 fully saturated rings. The van der Waals surface area contributed by atoms with E-state index in [1.165, 1.54) is 15.6 Å². The zero-order chi connectivity index (χ0) is 15.5. The van der Waals surface area contributed by atoms with E-state index in [4.69, 9.17) is 0 Å². The normalized spacial score (nSPS) is 12.0. The number of hydrogen-bond donors (Lipinski definition) is 1. The molecular formula is C14H17BrN2O2S2. The van der Waals surface area contributed by atoms with Crippen LogP contribution in [0, 0.1) is 0 Å². The third-order valence-electron chi connectivity index (χ3n) is 2.99. The van der Waals surface area contributed by atoms with Gasteiger partial charge >= 0.3 is 0 Å². The minimum absolute atomic E-state index is 0.327. The Morgan fingerprint density at radius 1 is 1.33 bits per heavy atom. The summed E-state index contributed by atoms with van der Waals surface area (Å²) in [5.41, 5.74) is 0.950. The molecule has 4 nitrogen and oxygen atoms in total. The maximum Gasteiger partial charge on any atom is 0.243 e. The molecule has 0 radical (unpaired) electrons. The number of nitrogens with zero attached hydrogens (tertiary/aromatic N) is 1. The smallest absolute Gasteiger partial charge is 0.243 e. The molecular weight excluding hydrogens is 372 g/mol. The fourth-order valence-electron chi connectivity index (χ4n) is 1.94. The highest BCUT2D eigenvalue weighted by molar-refractivity contribution is 9.10. The average Bonchev–Trinajstić information content (AvgIpc) is 2.85. The van der Waals surface area contributed by atoms with E-state index >= 15 is 0 Å². The monoisotopic (exact) mass is 388 g/mol. The fourth-order valence-corrected chi connectivity index (χ4v) is 4.75. The Kier molecular flexibility index (Phi) is 5.56. The van der Waals surface area contributed by atoms with Gasteiger partial charge in [0, 0.05) is 34.9 Å². The van der Waals surface area contributed by atoms with Crippen molar-refractivity contribution in [3.63, 3.8) is 0 Å². The van der Waals surface area contributed by atoms with Crippen LogP contribution in [0.2, 0.25) is 0 Å². The summed E-state index contributed by atoms with van der Waals surface area (Å²) < 4.78 is 27.6. The van der Waals surface area contributed by atoms with Crippen LogP contribution in [-0.4, -0.2) is 26.8 Å². The lowest BCUT2D eigenvalue weighted by Crippen LogP contribution is -2.26. The van der Waals surface area contributed by atoms with Gasteiger partial charge in [-0.2, -0.15) is 4.31 Å². The number of benzene rings is 1. The summed E-state index contributed by atoms with van der Waals surface area (Å²) in [6.45, 7) is 1.01. The Morgan fingerprint density at radius 2 is 2.10 bits per heavy atom. The van der Waals surface area contributed by atoms with Gasteiger partial charge in [0.15, 0.2) is 0 Å². The Bertz CT molecular complexity index is 713. The predicted molar refractivity (Wildman–Crippen MR) is 89.9 cm³/mol. The number of hydrogen-bond acceptors (Lipinski definition) is 4. The molecule has 1 heterocycles. The van der Waals surface area contributed by atoms with Crippen molar-refractivity contribution < 1.29 is 8.42 Å². The zero-order valence-electron chi connectivity index (χ0n) is 11.8. The summed E-state index contributed by atoms with van der Waals surface area (Å²) in [4.78, 5) is 1.33. The fraction of sp³-hybridized carbons (Fsp3) is 0.286. The van der Waals surface area contributed by atoms with E-state index in [9.17, 15) is 8.42 Å². The van der Waals surface area contributed by atoms with Crippen LogP contribution in [0.5, 0.6) is 0 Å². The first kappa shape index (κ1) is 16.6. The quantitative estimate of drug-likeness (QED) is 0.826. The van der Waals surface area contributed by atoms with Crippen molar-refractivity contribution >= 4 is 37.3 Å². The molecule has 0 unspecified atom stereocenters. The summed E-state index contributed by atoms with van der Waals surface area (Å²) >= 11 is 4.92. The summed E-state index contributed by atoms with van der Waals surface area (Å²) in [6.07, 6.45) is 0. The third kappa shape index (κ3) is 4.14. The second kappa shape index (κ2) is 7.02. The molecule has 1 N–H and O–H groups in total. The van der Waals surface area contributed by atoms with Crippen LogP contribution in [0.15, 0.2) is 45.1 Å². The molecule has 114 valence electrons. The van der Waals surface area contributed by atoms with Crippen molar-refractivity contribution in [2.24, 2.45) is 0 Å². The highest BCUT2D eigenvalue weighted by Crippen LogP contribution is 2.23. The highest BCUT2D eigenvalue weighted by Gasteiger charge is 2.21. The van der Waals surface area contributed by atoms with Crippen LogP contribution in [0.1, 0.15) is 10.4 Å². The van der Waals surface area contributed by atoms with Crippen molar-refractivity contribution in [1.82, 2.24) is 9.62 Å². The number of halogens is 1. The first-order valence-electron chi connectivity index (χ1n) is 6.36. The maximum absolute atomic E-state index is 12.6. The Hall–Kier alpha value is -0.730. The molecule has 0 aliphatic rings. The standard InChI is InChI=1S/C14H17BrN2O2S2/c1-16-8-11-4-3-5-14(6-11)21(18,19)17(2)9-13-7-12(15)10-20-13/h3-7,10,16H,8-9H2,1-2H3. The lowest BCUT2D eigenvalue weighted by Gasteiger charge is -2.17. The van der Waals surface area contributed by atoms with E-state index < -0.39 is 10.0 Å². The van der Waals surface area contributed by atoms with E-state index in [0.29, 0.717) is 18.0 Å². The molecule has 0 atom stereocenters.